The van der Waals surface area contributed by atoms with Crippen molar-refractivity contribution in [1.29, 1.82) is 0 Å². The second-order valence-electron chi connectivity index (χ2n) is 7.36. The molecule has 0 aromatic heterocycles. The van der Waals surface area contributed by atoms with E-state index in [1.54, 1.807) is 0 Å². The maximum Gasteiger partial charge on any atom is 0.309 e. The van der Waals surface area contributed by atoms with E-state index < -0.39 is 0 Å². The van der Waals surface area contributed by atoms with Gasteiger partial charge in [0.25, 0.3) is 0 Å². The summed E-state index contributed by atoms with van der Waals surface area (Å²) in [6.07, 6.45) is 0.854. The van der Waals surface area contributed by atoms with Gasteiger partial charge in [-0.3, -0.25) is 9.69 Å². The molecule has 4 heteroatoms. The summed E-state index contributed by atoms with van der Waals surface area (Å²) in [6, 6.07) is 10.4. The van der Waals surface area contributed by atoms with Crippen molar-refractivity contribution in [3.63, 3.8) is 0 Å². The van der Waals surface area contributed by atoms with Gasteiger partial charge in [0.2, 0.25) is 0 Å². The lowest BCUT2D eigenvalue weighted by Crippen LogP contribution is -2.67. The van der Waals surface area contributed by atoms with Crippen LogP contribution in [0.2, 0.25) is 0 Å². The normalized spacial score (nSPS) is 26.8. The minimum absolute atomic E-state index is 0.0468. The zero-order valence-corrected chi connectivity index (χ0v) is 15.0. The van der Waals surface area contributed by atoms with Gasteiger partial charge in [-0.05, 0) is 31.4 Å². The third-order valence-electron chi connectivity index (χ3n) is 5.84. The fourth-order valence-corrected chi connectivity index (χ4v) is 4.12. The maximum absolute atomic E-state index is 12.5. The number of benzene rings is 1. The summed E-state index contributed by atoms with van der Waals surface area (Å²) >= 11 is 0. The van der Waals surface area contributed by atoms with Gasteiger partial charge in [0.15, 0.2) is 0 Å². The molecule has 0 radical (unpaired) electrons. The molecule has 0 spiro atoms. The lowest BCUT2D eigenvalue weighted by Gasteiger charge is -2.55. The minimum atomic E-state index is -0.0474. The monoisotopic (exact) mass is 331 g/mol. The van der Waals surface area contributed by atoms with E-state index in [4.69, 9.17) is 9.47 Å². The van der Waals surface area contributed by atoms with Gasteiger partial charge < -0.3 is 9.47 Å². The first-order valence-electron chi connectivity index (χ1n) is 9.13. The van der Waals surface area contributed by atoms with Crippen LogP contribution in [0.1, 0.15) is 38.7 Å². The Balaban J connectivity index is 1.84. The molecule has 2 atom stereocenters. The lowest BCUT2D eigenvalue weighted by atomic mass is 9.75. The molecule has 4 nitrogen and oxygen atoms in total. The highest BCUT2D eigenvalue weighted by Crippen LogP contribution is 2.41. The van der Waals surface area contributed by atoms with E-state index >= 15 is 0 Å². The highest BCUT2D eigenvalue weighted by Gasteiger charge is 2.50. The molecule has 0 saturated carbocycles. The SMILES string of the molecule is CCOC(=O)[C@@H]1CCN(C2(C(C)C)COC2)C[C@H]1c1ccccc1. The smallest absolute Gasteiger partial charge is 0.309 e. The van der Waals surface area contributed by atoms with Crippen molar-refractivity contribution in [3.8, 4) is 0 Å². The van der Waals surface area contributed by atoms with Crippen LogP contribution in [0.4, 0.5) is 0 Å². The summed E-state index contributed by atoms with van der Waals surface area (Å²) in [4.78, 5) is 15.1. The van der Waals surface area contributed by atoms with Crippen LogP contribution in [-0.2, 0) is 14.3 Å². The molecule has 24 heavy (non-hydrogen) atoms. The fraction of sp³-hybridized carbons (Fsp3) is 0.650. The Kier molecular flexibility index (Phi) is 5.26. The zero-order chi connectivity index (χ0) is 17.2. The molecule has 0 N–H and O–H groups in total. The average Bonchev–Trinajstić information content (AvgIpc) is 2.54. The molecule has 132 valence electrons. The van der Waals surface area contributed by atoms with Crippen LogP contribution in [0.25, 0.3) is 0 Å². The van der Waals surface area contributed by atoms with Crippen LogP contribution in [0.3, 0.4) is 0 Å². The van der Waals surface area contributed by atoms with E-state index in [0.29, 0.717) is 12.5 Å². The van der Waals surface area contributed by atoms with Gasteiger partial charge in [-0.15, -0.1) is 0 Å². The molecule has 0 unspecified atom stereocenters. The van der Waals surface area contributed by atoms with E-state index in [2.05, 4.69) is 43.0 Å². The number of nitrogens with zero attached hydrogens (tertiary/aromatic N) is 1. The molecule has 2 aliphatic rings. The Hall–Kier alpha value is -1.39. The number of ether oxygens (including phenoxy) is 2. The Labute approximate surface area is 145 Å². The maximum atomic E-state index is 12.5. The third-order valence-corrected chi connectivity index (χ3v) is 5.84. The zero-order valence-electron chi connectivity index (χ0n) is 15.0. The first-order valence-corrected chi connectivity index (χ1v) is 9.13. The summed E-state index contributed by atoms with van der Waals surface area (Å²) in [5.74, 6) is 0.639. The number of carbonyl (C=O) groups is 1. The minimum Gasteiger partial charge on any atom is -0.466 e. The summed E-state index contributed by atoms with van der Waals surface area (Å²) in [7, 11) is 0. The standard InChI is InChI=1S/C20H29NO3/c1-4-24-19(22)17-10-11-21(20(15(2)3)13-23-14-20)12-18(17)16-8-6-5-7-9-16/h5-9,15,17-18H,4,10-14H2,1-3H3/t17-,18+/m1/s1. The Morgan fingerprint density at radius 2 is 2.04 bits per heavy atom. The summed E-state index contributed by atoms with van der Waals surface area (Å²) in [6.45, 7) is 10.3. The predicted molar refractivity (Wildman–Crippen MR) is 93.9 cm³/mol. The van der Waals surface area contributed by atoms with Gasteiger partial charge in [-0.1, -0.05) is 44.2 Å². The van der Waals surface area contributed by atoms with Gasteiger partial charge >= 0.3 is 5.97 Å². The van der Waals surface area contributed by atoms with Gasteiger partial charge in [0, 0.05) is 12.5 Å². The second-order valence-corrected chi connectivity index (χ2v) is 7.36. The molecule has 3 rings (SSSR count). The van der Waals surface area contributed by atoms with Gasteiger partial charge in [-0.2, -0.15) is 0 Å². The predicted octanol–water partition coefficient (Wildman–Crippen LogP) is 3.08. The van der Waals surface area contributed by atoms with Crippen molar-refractivity contribution in [2.24, 2.45) is 11.8 Å². The van der Waals surface area contributed by atoms with E-state index in [1.807, 2.05) is 13.0 Å². The third kappa shape index (κ3) is 3.09. The van der Waals surface area contributed by atoms with Crippen molar-refractivity contribution in [2.75, 3.05) is 32.9 Å². The van der Waals surface area contributed by atoms with Crippen molar-refractivity contribution in [3.05, 3.63) is 35.9 Å². The number of rotatable bonds is 5. The molecule has 1 aromatic carbocycles. The number of hydrogen-bond acceptors (Lipinski definition) is 4. The summed E-state index contributed by atoms with van der Waals surface area (Å²) in [5, 5.41) is 0. The fourth-order valence-electron chi connectivity index (χ4n) is 4.12. The number of hydrogen-bond donors (Lipinski definition) is 0. The molecule has 1 aromatic rings. The van der Waals surface area contributed by atoms with Crippen LogP contribution in [0.15, 0.2) is 30.3 Å². The van der Waals surface area contributed by atoms with Crippen LogP contribution < -0.4 is 0 Å². The largest absolute Gasteiger partial charge is 0.466 e. The lowest BCUT2D eigenvalue weighted by molar-refractivity contribution is -0.177. The van der Waals surface area contributed by atoms with Crippen molar-refractivity contribution in [2.45, 2.75) is 38.6 Å². The molecule has 2 fully saturated rings. The number of carbonyl (C=O) groups excluding carboxylic acids is 1. The first kappa shape index (κ1) is 17.4. The number of likely N-dealkylation sites (tertiary alicyclic amines) is 1. The van der Waals surface area contributed by atoms with E-state index in [9.17, 15) is 4.79 Å². The molecule has 2 saturated heterocycles. The highest BCUT2D eigenvalue weighted by atomic mass is 16.5. The molecule has 2 aliphatic heterocycles. The van der Waals surface area contributed by atoms with E-state index in [-0.39, 0.29) is 23.3 Å². The van der Waals surface area contributed by atoms with Crippen LogP contribution in [0, 0.1) is 11.8 Å². The van der Waals surface area contributed by atoms with Crippen molar-refractivity contribution in [1.82, 2.24) is 4.90 Å². The average molecular weight is 331 g/mol. The van der Waals surface area contributed by atoms with Crippen LogP contribution >= 0.6 is 0 Å². The van der Waals surface area contributed by atoms with Crippen LogP contribution in [0.5, 0.6) is 0 Å². The highest BCUT2D eigenvalue weighted by molar-refractivity contribution is 5.74. The topological polar surface area (TPSA) is 38.8 Å². The Bertz CT molecular complexity index is 553. The van der Waals surface area contributed by atoms with Gasteiger partial charge in [-0.25, -0.2) is 0 Å². The quantitative estimate of drug-likeness (QED) is 0.777. The number of piperidine rings is 1. The van der Waals surface area contributed by atoms with Gasteiger partial charge in [0.05, 0.1) is 31.3 Å². The molecule has 2 heterocycles. The molecule has 0 bridgehead atoms. The van der Waals surface area contributed by atoms with Gasteiger partial charge in [0.1, 0.15) is 0 Å². The second kappa shape index (κ2) is 7.24. The first-order chi connectivity index (χ1) is 11.6. The molecule has 0 amide bonds. The Morgan fingerprint density at radius 1 is 1.33 bits per heavy atom. The van der Waals surface area contributed by atoms with Crippen molar-refractivity contribution >= 4 is 5.97 Å². The Morgan fingerprint density at radius 3 is 2.58 bits per heavy atom. The van der Waals surface area contributed by atoms with E-state index in [1.165, 1.54) is 5.56 Å². The summed E-state index contributed by atoms with van der Waals surface area (Å²) in [5.41, 5.74) is 1.37. The summed E-state index contributed by atoms with van der Waals surface area (Å²) < 4.78 is 10.9. The molecular formula is C20H29NO3. The number of esters is 1. The van der Waals surface area contributed by atoms with E-state index in [0.717, 1.165) is 32.7 Å². The van der Waals surface area contributed by atoms with Crippen LogP contribution in [-0.4, -0.2) is 49.3 Å². The molecular weight excluding hydrogens is 302 g/mol. The van der Waals surface area contributed by atoms with Crippen molar-refractivity contribution < 1.29 is 14.3 Å². The molecule has 0 aliphatic carbocycles.